The second-order valence-electron chi connectivity index (χ2n) is 10.2. The maximum Gasteiger partial charge on any atom is 0.326 e. The Hall–Kier alpha value is -1.59. The smallest absolute Gasteiger partial charge is 0.326 e. The van der Waals surface area contributed by atoms with E-state index in [1.54, 1.807) is 0 Å². The minimum atomic E-state index is -1.18. The number of carbonyl (C=O) groups excluding carboxylic acids is 1. The largest absolute Gasteiger partial charge is 0.481 e. The molecular weight excluding hydrogens is 442 g/mol. The lowest BCUT2D eigenvalue weighted by Gasteiger charge is -2.13. The van der Waals surface area contributed by atoms with Gasteiger partial charge in [-0.3, -0.25) is 9.59 Å². The van der Waals surface area contributed by atoms with Crippen LogP contribution in [0.5, 0.6) is 0 Å². The fourth-order valence-corrected chi connectivity index (χ4v) is 4.51. The van der Waals surface area contributed by atoms with Crippen LogP contribution in [0.3, 0.4) is 0 Å². The quantitative estimate of drug-likeness (QED) is 0.0997. The first-order valence-electron chi connectivity index (χ1n) is 14.7. The highest BCUT2D eigenvalue weighted by molar-refractivity contribution is 5.83. The topological polar surface area (TPSA) is 104 Å². The highest BCUT2D eigenvalue weighted by atomic mass is 16.4. The third-order valence-corrected chi connectivity index (χ3v) is 6.79. The van der Waals surface area contributed by atoms with Crippen molar-refractivity contribution in [1.82, 2.24) is 5.32 Å². The van der Waals surface area contributed by atoms with Crippen LogP contribution in [0.1, 0.15) is 161 Å². The molecule has 0 aromatic rings. The maximum absolute atomic E-state index is 11.9. The van der Waals surface area contributed by atoms with E-state index in [1.807, 2.05) is 0 Å². The summed E-state index contributed by atoms with van der Waals surface area (Å²) in [4.78, 5) is 33.6. The van der Waals surface area contributed by atoms with Gasteiger partial charge in [0, 0.05) is 12.8 Å². The molecule has 0 spiro atoms. The molecule has 1 atom stereocenters. The lowest BCUT2D eigenvalue weighted by atomic mass is 10.0. The van der Waals surface area contributed by atoms with Gasteiger partial charge in [-0.1, -0.05) is 135 Å². The van der Waals surface area contributed by atoms with Gasteiger partial charge in [-0.05, 0) is 12.8 Å². The van der Waals surface area contributed by atoms with Crippen molar-refractivity contribution < 1.29 is 24.6 Å². The van der Waals surface area contributed by atoms with Crippen LogP contribution in [0, 0.1) is 0 Å². The molecule has 6 heteroatoms. The molecule has 35 heavy (non-hydrogen) atoms. The van der Waals surface area contributed by atoms with Gasteiger partial charge < -0.3 is 15.5 Å². The van der Waals surface area contributed by atoms with E-state index in [4.69, 9.17) is 10.2 Å². The molecule has 0 fully saturated rings. The summed E-state index contributed by atoms with van der Waals surface area (Å²) in [6.07, 6.45) is 27.5. The normalized spacial score (nSPS) is 11.9. The average Bonchev–Trinajstić information content (AvgIpc) is 2.82. The van der Waals surface area contributed by atoms with E-state index in [0.717, 1.165) is 19.3 Å². The predicted molar refractivity (Wildman–Crippen MR) is 144 cm³/mol. The van der Waals surface area contributed by atoms with Gasteiger partial charge in [0.25, 0.3) is 0 Å². The molecule has 1 amide bonds. The number of carboxylic acids is 2. The van der Waals surface area contributed by atoms with Crippen molar-refractivity contribution in [1.29, 1.82) is 0 Å². The summed E-state index contributed by atoms with van der Waals surface area (Å²) in [6.45, 7) is 2.27. The molecule has 3 N–H and O–H groups in total. The lowest BCUT2D eigenvalue weighted by Crippen LogP contribution is -2.41. The van der Waals surface area contributed by atoms with Crippen LogP contribution in [-0.2, 0) is 14.4 Å². The fourth-order valence-electron chi connectivity index (χ4n) is 4.51. The van der Waals surface area contributed by atoms with Crippen molar-refractivity contribution in [3.63, 3.8) is 0 Å². The van der Waals surface area contributed by atoms with Gasteiger partial charge in [0.05, 0.1) is 0 Å². The maximum atomic E-state index is 11.9. The molecule has 0 rings (SSSR count). The van der Waals surface area contributed by atoms with E-state index in [-0.39, 0.29) is 18.7 Å². The highest BCUT2D eigenvalue weighted by Crippen LogP contribution is 2.15. The highest BCUT2D eigenvalue weighted by Gasteiger charge is 2.20. The first kappa shape index (κ1) is 33.4. The molecule has 0 bridgehead atoms. The summed E-state index contributed by atoms with van der Waals surface area (Å²) in [6, 6.07) is -1.12. The molecule has 0 heterocycles. The molecule has 0 aliphatic carbocycles. The average molecular weight is 498 g/mol. The molecule has 0 saturated heterocycles. The number of rotatable bonds is 27. The Morgan fingerprint density at radius 1 is 0.543 bits per heavy atom. The number of carboxylic acid groups (broad SMARTS) is 2. The van der Waals surface area contributed by atoms with Crippen LogP contribution in [0.2, 0.25) is 0 Å². The molecule has 6 nitrogen and oxygen atoms in total. The van der Waals surface area contributed by atoms with Crippen molar-refractivity contribution in [2.24, 2.45) is 0 Å². The number of hydrogen-bond donors (Lipinski definition) is 3. The number of amides is 1. The van der Waals surface area contributed by atoms with Gasteiger partial charge in [0.1, 0.15) is 6.04 Å². The molecule has 0 aromatic carbocycles. The van der Waals surface area contributed by atoms with Crippen LogP contribution in [0.4, 0.5) is 0 Å². The predicted octanol–water partition coefficient (Wildman–Crippen LogP) is 8.02. The summed E-state index contributed by atoms with van der Waals surface area (Å²) in [5.41, 5.74) is 0. The Labute approximate surface area is 215 Å². The van der Waals surface area contributed by atoms with E-state index in [1.165, 1.54) is 116 Å². The van der Waals surface area contributed by atoms with Crippen LogP contribution in [0.15, 0.2) is 0 Å². The third kappa shape index (κ3) is 25.3. The molecule has 0 aromatic heterocycles. The van der Waals surface area contributed by atoms with Gasteiger partial charge in [0.2, 0.25) is 5.91 Å². The van der Waals surface area contributed by atoms with Crippen molar-refractivity contribution in [2.45, 2.75) is 167 Å². The second-order valence-corrected chi connectivity index (χ2v) is 10.2. The minimum Gasteiger partial charge on any atom is -0.481 e. The van der Waals surface area contributed by atoms with Gasteiger partial charge in [0.15, 0.2) is 0 Å². The summed E-state index contributed by atoms with van der Waals surface area (Å²) in [5.74, 6) is -2.55. The SMILES string of the molecule is CCCCCCCCCCCCCCCCCCCCCCCC(=O)N[C@@H](CCC(=O)O)C(=O)O. The molecule has 206 valence electrons. The van der Waals surface area contributed by atoms with Crippen molar-refractivity contribution in [3.8, 4) is 0 Å². The number of unbranched alkanes of at least 4 members (excludes halogenated alkanes) is 20. The number of nitrogens with one attached hydrogen (secondary N) is 1. The molecule has 0 aliphatic heterocycles. The Balaban J connectivity index is 3.33. The molecule has 0 unspecified atom stereocenters. The standard InChI is InChI=1S/C29H55NO5/c1-2-3-4-5-6-7-8-9-10-11-12-13-14-15-16-17-18-19-20-21-22-23-27(31)30-26(29(34)35)24-25-28(32)33/h26H,2-25H2,1H3,(H,30,31)(H,32,33)(H,34,35)/t26-/m0/s1. The fraction of sp³-hybridized carbons (Fsp3) is 0.897. The number of carbonyl (C=O) groups is 3. The summed E-state index contributed by atoms with van der Waals surface area (Å²) in [7, 11) is 0. The van der Waals surface area contributed by atoms with Gasteiger partial charge in [-0.15, -0.1) is 0 Å². The van der Waals surface area contributed by atoms with Gasteiger partial charge in [-0.25, -0.2) is 4.79 Å². The van der Waals surface area contributed by atoms with E-state index < -0.39 is 18.0 Å². The zero-order valence-corrected chi connectivity index (χ0v) is 22.7. The second kappa shape index (κ2) is 25.5. The molecular formula is C29H55NO5. The molecule has 0 saturated carbocycles. The summed E-state index contributed by atoms with van der Waals surface area (Å²) >= 11 is 0. The summed E-state index contributed by atoms with van der Waals surface area (Å²) in [5, 5.41) is 20.2. The summed E-state index contributed by atoms with van der Waals surface area (Å²) < 4.78 is 0. The van der Waals surface area contributed by atoms with Crippen molar-refractivity contribution >= 4 is 17.8 Å². The Morgan fingerprint density at radius 2 is 0.886 bits per heavy atom. The van der Waals surface area contributed by atoms with Crippen molar-refractivity contribution in [3.05, 3.63) is 0 Å². The van der Waals surface area contributed by atoms with E-state index in [0.29, 0.717) is 6.42 Å². The zero-order valence-electron chi connectivity index (χ0n) is 22.7. The Bertz CT molecular complexity index is 523. The third-order valence-electron chi connectivity index (χ3n) is 6.79. The van der Waals surface area contributed by atoms with Crippen LogP contribution in [0.25, 0.3) is 0 Å². The Morgan fingerprint density at radius 3 is 1.20 bits per heavy atom. The monoisotopic (exact) mass is 497 g/mol. The first-order valence-corrected chi connectivity index (χ1v) is 14.7. The van der Waals surface area contributed by atoms with Crippen LogP contribution < -0.4 is 5.32 Å². The van der Waals surface area contributed by atoms with Crippen LogP contribution >= 0.6 is 0 Å². The Kier molecular flexibility index (Phi) is 24.3. The van der Waals surface area contributed by atoms with Gasteiger partial charge >= 0.3 is 11.9 Å². The van der Waals surface area contributed by atoms with E-state index in [9.17, 15) is 14.4 Å². The van der Waals surface area contributed by atoms with Crippen LogP contribution in [-0.4, -0.2) is 34.1 Å². The number of aliphatic carboxylic acids is 2. The van der Waals surface area contributed by atoms with Gasteiger partial charge in [-0.2, -0.15) is 0 Å². The minimum absolute atomic E-state index is 0.0876. The molecule has 0 radical (unpaired) electrons. The van der Waals surface area contributed by atoms with Crippen molar-refractivity contribution in [2.75, 3.05) is 0 Å². The molecule has 0 aliphatic rings. The van der Waals surface area contributed by atoms with E-state index in [2.05, 4.69) is 12.2 Å². The zero-order chi connectivity index (χ0) is 26.0. The van der Waals surface area contributed by atoms with E-state index >= 15 is 0 Å². The number of hydrogen-bond acceptors (Lipinski definition) is 3. The first-order chi connectivity index (χ1) is 17.0. The lowest BCUT2D eigenvalue weighted by molar-refractivity contribution is -0.143.